The van der Waals surface area contributed by atoms with Crippen LogP contribution in [0.4, 0.5) is 0 Å². The molecule has 0 aromatic heterocycles. The molecule has 5 heteroatoms. The molecule has 1 amide bonds. The number of ether oxygens (including phenoxy) is 1. The van der Waals surface area contributed by atoms with Gasteiger partial charge in [-0.25, -0.2) is 0 Å². The van der Waals surface area contributed by atoms with Crippen LogP contribution in [0.5, 0.6) is 0 Å². The topological polar surface area (TPSA) is 67.6 Å². The van der Waals surface area contributed by atoms with Gasteiger partial charge in [-0.1, -0.05) is 43.5 Å². The van der Waals surface area contributed by atoms with Crippen LogP contribution in [0.3, 0.4) is 0 Å². The van der Waals surface area contributed by atoms with Crippen molar-refractivity contribution in [1.29, 1.82) is 0 Å². The van der Waals surface area contributed by atoms with E-state index in [2.05, 4.69) is 41.4 Å². The molecule has 2 fully saturated rings. The molecule has 1 heterocycles. The Morgan fingerprint density at radius 2 is 2.07 bits per heavy atom. The molecule has 27 heavy (non-hydrogen) atoms. The summed E-state index contributed by atoms with van der Waals surface area (Å²) in [6.07, 6.45) is 6.72. The highest BCUT2D eigenvalue weighted by molar-refractivity contribution is 5.76. The number of carbonyl (C=O) groups is 1. The summed E-state index contributed by atoms with van der Waals surface area (Å²) >= 11 is 0. The minimum atomic E-state index is 0.0250. The van der Waals surface area contributed by atoms with E-state index in [1.807, 2.05) is 0 Å². The Kier molecular flexibility index (Phi) is 7.27. The average Bonchev–Trinajstić information content (AvgIpc) is 2.67. The lowest BCUT2D eigenvalue weighted by Gasteiger charge is -2.35. The second-order valence-electron chi connectivity index (χ2n) is 8.45. The van der Waals surface area contributed by atoms with Gasteiger partial charge in [0.15, 0.2) is 0 Å². The number of nitrogens with one attached hydrogen (secondary N) is 1. The molecule has 1 atom stereocenters. The van der Waals surface area contributed by atoms with Gasteiger partial charge >= 0.3 is 0 Å². The van der Waals surface area contributed by atoms with E-state index in [-0.39, 0.29) is 11.3 Å². The van der Waals surface area contributed by atoms with Crippen LogP contribution in [0.15, 0.2) is 24.3 Å². The molecular formula is C22H35N3O2. The van der Waals surface area contributed by atoms with Crippen molar-refractivity contribution in [3.8, 4) is 0 Å². The van der Waals surface area contributed by atoms with Gasteiger partial charge in [0.05, 0.1) is 12.7 Å². The van der Waals surface area contributed by atoms with E-state index in [0.29, 0.717) is 25.6 Å². The van der Waals surface area contributed by atoms with Crippen LogP contribution < -0.4 is 11.1 Å². The van der Waals surface area contributed by atoms with Crippen molar-refractivity contribution < 1.29 is 9.53 Å². The zero-order valence-electron chi connectivity index (χ0n) is 16.7. The average molecular weight is 374 g/mol. The third-order valence-electron chi connectivity index (χ3n) is 6.10. The number of carbonyl (C=O) groups excluding carboxylic acids is 1. The fourth-order valence-electron chi connectivity index (χ4n) is 4.49. The highest BCUT2D eigenvalue weighted by Crippen LogP contribution is 2.38. The van der Waals surface area contributed by atoms with E-state index in [9.17, 15) is 4.79 Å². The van der Waals surface area contributed by atoms with Crippen LogP contribution in [0, 0.1) is 5.41 Å². The molecule has 1 aliphatic carbocycles. The minimum absolute atomic E-state index is 0.0250. The summed E-state index contributed by atoms with van der Waals surface area (Å²) < 4.78 is 5.62. The van der Waals surface area contributed by atoms with Crippen LogP contribution in [-0.4, -0.2) is 43.2 Å². The lowest BCUT2D eigenvalue weighted by Crippen LogP contribution is -2.40. The number of morpholine rings is 1. The van der Waals surface area contributed by atoms with Crippen LogP contribution in [0.2, 0.25) is 0 Å². The summed E-state index contributed by atoms with van der Waals surface area (Å²) in [5, 5.41) is 3.12. The molecule has 3 rings (SSSR count). The molecule has 0 radical (unpaired) electrons. The molecule has 1 saturated heterocycles. The fourth-order valence-corrected chi connectivity index (χ4v) is 4.49. The smallest absolute Gasteiger partial charge is 0.220 e. The Balaban J connectivity index is 1.49. The standard InChI is InChI=1S/C22H35N3O2/c1-18-15-25(10-11-27-18)16-20-7-5-6-19(12-20)14-24-21(26)13-22(17-23)8-3-2-4-9-22/h5-7,12,18H,2-4,8-11,13-17,23H2,1H3,(H,24,26). The van der Waals surface area contributed by atoms with E-state index >= 15 is 0 Å². The molecular weight excluding hydrogens is 338 g/mol. The molecule has 0 spiro atoms. The van der Waals surface area contributed by atoms with Crippen LogP contribution >= 0.6 is 0 Å². The van der Waals surface area contributed by atoms with Crippen molar-refractivity contribution in [3.05, 3.63) is 35.4 Å². The van der Waals surface area contributed by atoms with E-state index < -0.39 is 0 Å². The Morgan fingerprint density at radius 1 is 1.30 bits per heavy atom. The van der Waals surface area contributed by atoms with Gasteiger partial charge < -0.3 is 15.8 Å². The van der Waals surface area contributed by atoms with E-state index in [1.54, 1.807) is 0 Å². The molecule has 1 unspecified atom stereocenters. The quantitative estimate of drug-likeness (QED) is 0.771. The molecule has 1 aliphatic heterocycles. The normalized spacial score (nSPS) is 23.1. The molecule has 3 N–H and O–H groups in total. The van der Waals surface area contributed by atoms with Gasteiger partial charge in [0, 0.05) is 32.6 Å². The van der Waals surface area contributed by atoms with Gasteiger partial charge in [-0.3, -0.25) is 9.69 Å². The van der Waals surface area contributed by atoms with Crippen molar-refractivity contribution in [2.24, 2.45) is 11.1 Å². The maximum absolute atomic E-state index is 12.5. The lowest BCUT2D eigenvalue weighted by atomic mass is 9.71. The zero-order chi connectivity index (χ0) is 19.1. The summed E-state index contributed by atoms with van der Waals surface area (Å²) in [5.41, 5.74) is 8.50. The number of nitrogens with two attached hydrogens (primary N) is 1. The number of rotatable bonds is 7. The molecule has 1 saturated carbocycles. The SMILES string of the molecule is CC1CN(Cc2cccc(CNC(=O)CC3(CN)CCCCC3)c2)CCO1. The first-order chi connectivity index (χ1) is 13.1. The third-order valence-corrected chi connectivity index (χ3v) is 6.10. The monoisotopic (exact) mass is 373 g/mol. The largest absolute Gasteiger partial charge is 0.376 e. The number of hydrogen-bond acceptors (Lipinski definition) is 4. The summed E-state index contributed by atoms with van der Waals surface area (Å²) in [6.45, 7) is 7.03. The molecule has 0 bridgehead atoms. The van der Waals surface area contributed by atoms with Gasteiger partial charge in [-0.05, 0) is 42.9 Å². The number of nitrogens with zero attached hydrogens (tertiary/aromatic N) is 1. The second-order valence-corrected chi connectivity index (χ2v) is 8.45. The Labute approximate surface area is 163 Å². The zero-order valence-corrected chi connectivity index (χ0v) is 16.7. The highest BCUT2D eigenvalue weighted by Gasteiger charge is 2.32. The van der Waals surface area contributed by atoms with Gasteiger partial charge in [-0.2, -0.15) is 0 Å². The van der Waals surface area contributed by atoms with Gasteiger partial charge in [0.25, 0.3) is 0 Å². The Bertz CT molecular complexity index is 613. The predicted octanol–water partition coefficient (Wildman–Crippen LogP) is 2.82. The third kappa shape index (κ3) is 6.03. The van der Waals surface area contributed by atoms with Crippen molar-refractivity contribution in [2.45, 2.75) is 64.6 Å². The first-order valence-electron chi connectivity index (χ1n) is 10.5. The first-order valence-corrected chi connectivity index (χ1v) is 10.5. The molecule has 150 valence electrons. The van der Waals surface area contributed by atoms with E-state index in [1.165, 1.54) is 24.8 Å². The van der Waals surface area contributed by atoms with Crippen molar-refractivity contribution in [2.75, 3.05) is 26.2 Å². The number of benzene rings is 1. The summed E-state index contributed by atoms with van der Waals surface area (Å²) in [6, 6.07) is 8.55. The van der Waals surface area contributed by atoms with Gasteiger partial charge in [-0.15, -0.1) is 0 Å². The molecule has 1 aromatic rings. The maximum Gasteiger partial charge on any atom is 0.220 e. The second kappa shape index (κ2) is 9.67. The number of amides is 1. The van der Waals surface area contributed by atoms with E-state index in [0.717, 1.165) is 44.6 Å². The maximum atomic E-state index is 12.5. The van der Waals surface area contributed by atoms with Crippen LogP contribution in [-0.2, 0) is 22.6 Å². The van der Waals surface area contributed by atoms with Gasteiger partial charge in [0.1, 0.15) is 0 Å². The summed E-state index contributed by atoms with van der Waals surface area (Å²) in [4.78, 5) is 14.9. The van der Waals surface area contributed by atoms with Crippen molar-refractivity contribution in [3.63, 3.8) is 0 Å². The Morgan fingerprint density at radius 3 is 2.81 bits per heavy atom. The summed E-state index contributed by atoms with van der Waals surface area (Å²) in [5.74, 6) is 0.134. The molecule has 5 nitrogen and oxygen atoms in total. The van der Waals surface area contributed by atoms with Crippen molar-refractivity contribution in [1.82, 2.24) is 10.2 Å². The number of hydrogen-bond donors (Lipinski definition) is 2. The van der Waals surface area contributed by atoms with Crippen molar-refractivity contribution >= 4 is 5.91 Å². The molecule has 1 aromatic carbocycles. The van der Waals surface area contributed by atoms with Crippen LogP contribution in [0.25, 0.3) is 0 Å². The molecule has 2 aliphatic rings. The summed E-state index contributed by atoms with van der Waals surface area (Å²) in [7, 11) is 0. The lowest BCUT2D eigenvalue weighted by molar-refractivity contribution is -0.124. The van der Waals surface area contributed by atoms with Gasteiger partial charge in [0.2, 0.25) is 5.91 Å². The highest BCUT2D eigenvalue weighted by atomic mass is 16.5. The van der Waals surface area contributed by atoms with Crippen LogP contribution in [0.1, 0.15) is 56.6 Å². The Hall–Kier alpha value is -1.43. The predicted molar refractivity (Wildman–Crippen MR) is 108 cm³/mol. The fraction of sp³-hybridized carbons (Fsp3) is 0.682. The minimum Gasteiger partial charge on any atom is -0.376 e. The first kappa shape index (κ1) is 20.3. The van der Waals surface area contributed by atoms with E-state index in [4.69, 9.17) is 10.5 Å².